The van der Waals surface area contributed by atoms with Crippen LogP contribution in [0.2, 0.25) is 0 Å². The fourth-order valence-corrected chi connectivity index (χ4v) is 12.4. The molecule has 0 N–H and O–H groups in total. The molecule has 13 rings (SSSR count). The number of benzene rings is 10. The standard InChI is InChI=1S/C64H46S/c1-64(2)59-38-46(41-11-4-3-5-12-41)28-32-52(59)53-33-29-47(39-60(53)64)48(31-21-40-19-22-42(23-20-40)45-30-36-62-58(37-45)54-15-8-9-18-61(54)65-62)43-24-26-44(27-25-43)49-34-35-57-51-14-7-6-13-50(51)56-17-10-16-55(49)63(56)57/h3-20,22-30,32-39,48H,21,31H2,1-2H3. The molecular formula is C64H46S. The minimum atomic E-state index is -0.122. The van der Waals surface area contributed by atoms with Gasteiger partial charge < -0.3 is 0 Å². The fourth-order valence-electron chi connectivity index (χ4n) is 11.3. The van der Waals surface area contributed by atoms with E-state index in [0.29, 0.717) is 0 Å². The van der Waals surface area contributed by atoms with Gasteiger partial charge in [-0.3, -0.25) is 0 Å². The van der Waals surface area contributed by atoms with Crippen molar-refractivity contribution in [2.45, 2.75) is 38.0 Å². The summed E-state index contributed by atoms with van der Waals surface area (Å²) in [5.41, 5.74) is 22.5. The largest absolute Gasteiger partial charge is 0.135 e. The van der Waals surface area contributed by atoms with Crippen molar-refractivity contribution < 1.29 is 0 Å². The van der Waals surface area contributed by atoms with Crippen molar-refractivity contribution in [2.24, 2.45) is 0 Å². The summed E-state index contributed by atoms with van der Waals surface area (Å²) in [6.45, 7) is 4.83. The van der Waals surface area contributed by atoms with Crippen molar-refractivity contribution in [3.63, 3.8) is 0 Å². The third-order valence-corrected chi connectivity index (χ3v) is 15.9. The van der Waals surface area contributed by atoms with Gasteiger partial charge in [0.2, 0.25) is 0 Å². The maximum atomic E-state index is 2.55. The predicted molar refractivity (Wildman–Crippen MR) is 278 cm³/mol. The Morgan fingerprint density at radius 2 is 0.923 bits per heavy atom. The highest BCUT2D eigenvalue weighted by molar-refractivity contribution is 7.25. The predicted octanol–water partition coefficient (Wildman–Crippen LogP) is 17.9. The van der Waals surface area contributed by atoms with E-state index in [-0.39, 0.29) is 11.3 Å². The van der Waals surface area contributed by atoms with E-state index in [0.717, 1.165) is 12.8 Å². The minimum Gasteiger partial charge on any atom is -0.135 e. The van der Waals surface area contributed by atoms with Gasteiger partial charge in [-0.05, 0) is 142 Å². The van der Waals surface area contributed by atoms with Crippen LogP contribution in [0.5, 0.6) is 0 Å². The molecule has 0 aliphatic heterocycles. The molecule has 308 valence electrons. The molecule has 0 saturated carbocycles. The van der Waals surface area contributed by atoms with E-state index in [1.807, 2.05) is 11.3 Å². The van der Waals surface area contributed by atoms with E-state index >= 15 is 0 Å². The molecule has 1 unspecified atom stereocenters. The Labute approximate surface area is 385 Å². The number of rotatable bonds is 8. The van der Waals surface area contributed by atoms with Crippen LogP contribution >= 0.6 is 11.3 Å². The van der Waals surface area contributed by atoms with Crippen molar-refractivity contribution in [2.75, 3.05) is 0 Å². The third-order valence-electron chi connectivity index (χ3n) is 14.8. The van der Waals surface area contributed by atoms with Gasteiger partial charge in [0.1, 0.15) is 0 Å². The molecule has 65 heavy (non-hydrogen) atoms. The second-order valence-corrected chi connectivity index (χ2v) is 19.8. The fraction of sp³-hybridized carbons (Fsp3) is 0.0938. The van der Waals surface area contributed by atoms with Crippen LogP contribution in [-0.4, -0.2) is 0 Å². The van der Waals surface area contributed by atoms with Crippen LogP contribution in [0.1, 0.15) is 54.0 Å². The number of hydrogen-bond acceptors (Lipinski definition) is 1. The zero-order valence-corrected chi connectivity index (χ0v) is 37.4. The lowest BCUT2D eigenvalue weighted by Gasteiger charge is -2.25. The summed E-state index contributed by atoms with van der Waals surface area (Å²) >= 11 is 1.88. The molecule has 1 atom stereocenters. The van der Waals surface area contributed by atoms with Crippen molar-refractivity contribution in [1.82, 2.24) is 0 Å². The molecule has 0 amide bonds. The molecular weight excluding hydrogens is 801 g/mol. The van der Waals surface area contributed by atoms with Gasteiger partial charge in [0, 0.05) is 31.5 Å². The Morgan fingerprint density at radius 3 is 1.74 bits per heavy atom. The highest BCUT2D eigenvalue weighted by Crippen LogP contribution is 2.52. The van der Waals surface area contributed by atoms with E-state index in [1.54, 1.807) is 0 Å². The van der Waals surface area contributed by atoms with Crippen molar-refractivity contribution >= 4 is 42.3 Å². The summed E-state index contributed by atoms with van der Waals surface area (Å²) in [4.78, 5) is 0. The van der Waals surface area contributed by atoms with Gasteiger partial charge in [-0.25, -0.2) is 0 Å². The Hall–Kier alpha value is -7.32. The second kappa shape index (κ2) is 14.9. The topological polar surface area (TPSA) is 0 Å². The van der Waals surface area contributed by atoms with E-state index in [1.165, 1.54) is 126 Å². The SMILES string of the molecule is CC1(C)c2cc(-c3ccccc3)ccc2-c2ccc(C(CCc3ccc(-c4ccc5sc6ccccc6c5c4)cc3)c3ccc(-c4ccc5c6c(cccc46)-c4ccccc4-5)cc3)cc21. The van der Waals surface area contributed by atoms with E-state index in [2.05, 4.69) is 226 Å². The molecule has 0 spiro atoms. The summed E-state index contributed by atoms with van der Waals surface area (Å²) in [7, 11) is 0. The van der Waals surface area contributed by atoms with Gasteiger partial charge in [0.05, 0.1) is 0 Å². The number of aryl methyl sites for hydroxylation is 1. The first-order valence-corrected chi connectivity index (χ1v) is 23.9. The van der Waals surface area contributed by atoms with Crippen LogP contribution in [0, 0.1) is 0 Å². The molecule has 2 aliphatic carbocycles. The van der Waals surface area contributed by atoms with Gasteiger partial charge >= 0.3 is 0 Å². The first kappa shape index (κ1) is 38.2. The highest BCUT2D eigenvalue weighted by atomic mass is 32.1. The molecule has 1 heterocycles. The molecule has 2 aliphatic rings. The zero-order valence-electron chi connectivity index (χ0n) is 36.6. The first-order chi connectivity index (χ1) is 32.0. The van der Waals surface area contributed by atoms with Gasteiger partial charge in [-0.15, -0.1) is 11.3 Å². The van der Waals surface area contributed by atoms with E-state index in [9.17, 15) is 0 Å². The Morgan fingerprint density at radius 1 is 0.369 bits per heavy atom. The summed E-state index contributed by atoms with van der Waals surface area (Å²) < 4.78 is 2.69. The first-order valence-electron chi connectivity index (χ1n) is 23.1. The van der Waals surface area contributed by atoms with Crippen molar-refractivity contribution in [1.29, 1.82) is 0 Å². The lowest BCUT2D eigenvalue weighted by Crippen LogP contribution is -2.16. The van der Waals surface area contributed by atoms with Crippen LogP contribution in [0.25, 0.3) is 97.7 Å². The average molecular weight is 847 g/mol. The van der Waals surface area contributed by atoms with Gasteiger partial charge in [-0.2, -0.15) is 0 Å². The molecule has 0 bridgehead atoms. The Balaban J connectivity index is 0.849. The van der Waals surface area contributed by atoms with Crippen LogP contribution in [-0.2, 0) is 11.8 Å². The smallest absolute Gasteiger partial charge is 0.0355 e. The summed E-state index contributed by atoms with van der Waals surface area (Å²) in [6, 6.07) is 80.2. The Kier molecular flexibility index (Phi) is 8.74. The number of fused-ring (bicyclic) bond motifs is 9. The third kappa shape index (κ3) is 6.17. The molecule has 10 aromatic carbocycles. The summed E-state index contributed by atoms with van der Waals surface area (Å²) in [5.74, 6) is 0.227. The van der Waals surface area contributed by atoms with Gasteiger partial charge in [-0.1, -0.05) is 202 Å². The van der Waals surface area contributed by atoms with Crippen LogP contribution < -0.4 is 0 Å². The Bertz CT molecular complexity index is 3630. The maximum Gasteiger partial charge on any atom is 0.0355 e. The highest BCUT2D eigenvalue weighted by Gasteiger charge is 2.36. The molecule has 0 fully saturated rings. The minimum absolute atomic E-state index is 0.122. The molecule has 0 nitrogen and oxygen atoms in total. The number of thiophene rings is 1. The van der Waals surface area contributed by atoms with Crippen molar-refractivity contribution in [3.05, 3.63) is 240 Å². The van der Waals surface area contributed by atoms with Gasteiger partial charge in [0.25, 0.3) is 0 Å². The quantitative estimate of drug-likeness (QED) is 0.143. The summed E-state index contributed by atoms with van der Waals surface area (Å²) in [6.07, 6.45) is 1.99. The lowest BCUT2D eigenvalue weighted by molar-refractivity contribution is 0.654. The molecule has 1 heteroatoms. The molecule has 11 aromatic rings. The van der Waals surface area contributed by atoms with E-state index in [4.69, 9.17) is 0 Å². The van der Waals surface area contributed by atoms with Gasteiger partial charge in [0.15, 0.2) is 0 Å². The zero-order chi connectivity index (χ0) is 43.2. The maximum absolute atomic E-state index is 2.55. The van der Waals surface area contributed by atoms with Crippen LogP contribution in [0.3, 0.4) is 0 Å². The van der Waals surface area contributed by atoms with E-state index < -0.39 is 0 Å². The average Bonchev–Trinajstić information content (AvgIpc) is 3.98. The second-order valence-electron chi connectivity index (χ2n) is 18.7. The molecule has 0 saturated heterocycles. The molecule has 0 radical (unpaired) electrons. The van der Waals surface area contributed by atoms with Crippen LogP contribution in [0.15, 0.2) is 212 Å². The number of hydrogen-bond donors (Lipinski definition) is 0. The lowest BCUT2D eigenvalue weighted by atomic mass is 9.79. The van der Waals surface area contributed by atoms with Crippen LogP contribution in [0.4, 0.5) is 0 Å². The van der Waals surface area contributed by atoms with Crippen molar-refractivity contribution in [3.8, 4) is 66.8 Å². The normalized spacial score (nSPS) is 13.6. The monoisotopic (exact) mass is 846 g/mol. The summed E-state index contributed by atoms with van der Waals surface area (Å²) in [5, 5.41) is 5.38. The molecule has 1 aromatic heterocycles.